The zero-order valence-electron chi connectivity index (χ0n) is 16.1. The largest absolute Gasteiger partial charge is 0.464 e. The highest BCUT2D eigenvalue weighted by Crippen LogP contribution is 2.48. The number of benzene rings is 2. The first-order valence-electron chi connectivity index (χ1n) is 9.71. The van der Waals surface area contributed by atoms with E-state index in [1.807, 2.05) is 0 Å². The van der Waals surface area contributed by atoms with Crippen LogP contribution in [0.25, 0.3) is 11.1 Å². The van der Waals surface area contributed by atoms with Gasteiger partial charge in [-0.15, -0.1) is 0 Å². The molecule has 3 nitrogen and oxygen atoms in total. The molecule has 1 aliphatic carbocycles. The summed E-state index contributed by atoms with van der Waals surface area (Å²) in [6, 6.07) is 17.1. The second kappa shape index (κ2) is 8.50. The van der Waals surface area contributed by atoms with Crippen LogP contribution in [0.2, 0.25) is 0 Å². The summed E-state index contributed by atoms with van der Waals surface area (Å²) in [6.07, 6.45) is 0.450. The summed E-state index contributed by atoms with van der Waals surface area (Å²) in [5.74, 6) is 0.380. The first-order valence-corrected chi connectivity index (χ1v) is 9.71. The van der Waals surface area contributed by atoms with E-state index < -0.39 is 0 Å². The molecule has 0 saturated carbocycles. The number of ether oxygens (including phenoxy) is 1. The summed E-state index contributed by atoms with van der Waals surface area (Å²) in [6.45, 7) is 9.67. The van der Waals surface area contributed by atoms with Gasteiger partial charge in [0.05, 0.1) is 0 Å². The molecule has 2 aromatic rings. The van der Waals surface area contributed by atoms with Crippen molar-refractivity contribution in [3.8, 4) is 11.1 Å². The van der Waals surface area contributed by atoms with Crippen molar-refractivity contribution in [1.82, 2.24) is 4.90 Å². The van der Waals surface area contributed by atoms with E-state index in [1.54, 1.807) is 0 Å². The molecule has 2 aromatic carbocycles. The van der Waals surface area contributed by atoms with Gasteiger partial charge >= 0.3 is 5.97 Å². The van der Waals surface area contributed by atoms with Gasteiger partial charge in [-0.1, -0.05) is 69.3 Å². The number of esters is 1. The summed E-state index contributed by atoms with van der Waals surface area (Å²) in [5, 5.41) is 0. The standard InChI is InChI=1S/C23H29NO2/c1-4-24(5-2)14-15-26-22(25)16-17(3)23-20-12-8-6-10-18(20)19-11-7-9-13-21(19)23/h6-13,17,23H,4-5,14-16H2,1-3H3. The number of hydrogen-bond donors (Lipinski definition) is 0. The second-order valence-electron chi connectivity index (χ2n) is 7.08. The van der Waals surface area contributed by atoms with E-state index in [9.17, 15) is 4.79 Å². The lowest BCUT2D eigenvalue weighted by atomic mass is 9.83. The number of fused-ring (bicyclic) bond motifs is 3. The van der Waals surface area contributed by atoms with Crippen molar-refractivity contribution in [3.63, 3.8) is 0 Å². The third-order valence-corrected chi connectivity index (χ3v) is 5.50. The summed E-state index contributed by atoms with van der Waals surface area (Å²) >= 11 is 0. The minimum Gasteiger partial charge on any atom is -0.464 e. The lowest BCUT2D eigenvalue weighted by Crippen LogP contribution is -2.28. The van der Waals surface area contributed by atoms with Crippen LogP contribution in [0, 0.1) is 5.92 Å². The molecule has 0 aromatic heterocycles. The van der Waals surface area contributed by atoms with Crippen molar-refractivity contribution in [2.75, 3.05) is 26.2 Å². The maximum absolute atomic E-state index is 12.4. The number of rotatable bonds is 8. The Morgan fingerprint density at radius 1 is 1.00 bits per heavy atom. The number of nitrogens with zero attached hydrogens (tertiary/aromatic N) is 1. The fraction of sp³-hybridized carbons (Fsp3) is 0.435. The highest BCUT2D eigenvalue weighted by Gasteiger charge is 2.33. The molecule has 0 saturated heterocycles. The lowest BCUT2D eigenvalue weighted by Gasteiger charge is -2.22. The van der Waals surface area contributed by atoms with Gasteiger partial charge in [-0.2, -0.15) is 0 Å². The van der Waals surface area contributed by atoms with Gasteiger partial charge in [-0.3, -0.25) is 4.79 Å². The number of likely N-dealkylation sites (N-methyl/N-ethyl adjacent to an activating group) is 1. The molecule has 0 heterocycles. The molecule has 0 amide bonds. The molecule has 26 heavy (non-hydrogen) atoms. The molecule has 0 fully saturated rings. The van der Waals surface area contributed by atoms with E-state index in [2.05, 4.69) is 74.2 Å². The first-order chi connectivity index (χ1) is 12.7. The topological polar surface area (TPSA) is 29.5 Å². The average Bonchev–Trinajstić information content (AvgIpc) is 3.00. The smallest absolute Gasteiger partial charge is 0.306 e. The average molecular weight is 351 g/mol. The minimum atomic E-state index is -0.0912. The molecule has 0 radical (unpaired) electrons. The summed E-state index contributed by atoms with van der Waals surface area (Å²) in [7, 11) is 0. The van der Waals surface area contributed by atoms with Crippen molar-refractivity contribution < 1.29 is 9.53 Å². The van der Waals surface area contributed by atoms with Crippen molar-refractivity contribution >= 4 is 5.97 Å². The molecular weight excluding hydrogens is 322 g/mol. The predicted molar refractivity (Wildman–Crippen MR) is 106 cm³/mol. The Hall–Kier alpha value is -2.13. The predicted octanol–water partition coefficient (Wildman–Crippen LogP) is 4.71. The molecule has 0 aliphatic heterocycles. The molecule has 1 unspecified atom stereocenters. The third-order valence-electron chi connectivity index (χ3n) is 5.50. The Morgan fingerprint density at radius 3 is 2.08 bits per heavy atom. The molecule has 1 atom stereocenters. The van der Waals surface area contributed by atoms with E-state index in [0.717, 1.165) is 19.6 Å². The van der Waals surface area contributed by atoms with Gasteiger partial charge in [0.15, 0.2) is 0 Å². The molecule has 0 spiro atoms. The fourth-order valence-electron chi connectivity index (χ4n) is 4.08. The van der Waals surface area contributed by atoms with Gasteiger partial charge in [-0.25, -0.2) is 0 Å². The van der Waals surface area contributed by atoms with Crippen LogP contribution in [0.15, 0.2) is 48.5 Å². The van der Waals surface area contributed by atoms with Crippen LogP contribution in [0.3, 0.4) is 0 Å². The highest BCUT2D eigenvalue weighted by atomic mass is 16.5. The monoisotopic (exact) mass is 351 g/mol. The first kappa shape index (κ1) is 18.7. The van der Waals surface area contributed by atoms with Crippen LogP contribution in [0.4, 0.5) is 0 Å². The van der Waals surface area contributed by atoms with Crippen molar-refractivity contribution in [3.05, 3.63) is 59.7 Å². The van der Waals surface area contributed by atoms with Crippen LogP contribution in [0.1, 0.15) is 44.2 Å². The zero-order valence-corrected chi connectivity index (χ0v) is 16.1. The summed E-state index contributed by atoms with van der Waals surface area (Å²) in [4.78, 5) is 14.6. The Labute approximate surface area is 157 Å². The van der Waals surface area contributed by atoms with E-state index in [0.29, 0.717) is 13.0 Å². The molecule has 0 N–H and O–H groups in total. The van der Waals surface area contributed by atoms with Crippen LogP contribution < -0.4 is 0 Å². The van der Waals surface area contributed by atoms with Gasteiger partial charge in [-0.05, 0) is 41.3 Å². The molecule has 138 valence electrons. The molecule has 1 aliphatic rings. The van der Waals surface area contributed by atoms with Crippen molar-refractivity contribution in [1.29, 1.82) is 0 Å². The Morgan fingerprint density at radius 2 is 1.54 bits per heavy atom. The van der Waals surface area contributed by atoms with Gasteiger partial charge in [0, 0.05) is 18.9 Å². The van der Waals surface area contributed by atoms with E-state index in [1.165, 1.54) is 22.3 Å². The molecule has 3 rings (SSSR count). The lowest BCUT2D eigenvalue weighted by molar-refractivity contribution is -0.145. The summed E-state index contributed by atoms with van der Waals surface area (Å²) < 4.78 is 5.50. The zero-order chi connectivity index (χ0) is 18.5. The second-order valence-corrected chi connectivity index (χ2v) is 7.08. The highest BCUT2D eigenvalue weighted by molar-refractivity contribution is 5.79. The van der Waals surface area contributed by atoms with Crippen LogP contribution in [-0.4, -0.2) is 37.1 Å². The number of hydrogen-bond acceptors (Lipinski definition) is 3. The third kappa shape index (κ3) is 3.83. The fourth-order valence-corrected chi connectivity index (χ4v) is 4.08. The molecular formula is C23H29NO2. The minimum absolute atomic E-state index is 0.0912. The normalized spacial score (nSPS) is 14.2. The Kier molecular flexibility index (Phi) is 6.10. The number of carbonyl (C=O) groups excluding carboxylic acids is 1. The van der Waals surface area contributed by atoms with Crippen LogP contribution >= 0.6 is 0 Å². The maximum atomic E-state index is 12.4. The van der Waals surface area contributed by atoms with E-state index in [4.69, 9.17) is 4.74 Å². The quantitative estimate of drug-likeness (QED) is 0.645. The Bertz CT molecular complexity index is 706. The van der Waals surface area contributed by atoms with E-state index >= 15 is 0 Å². The molecule has 0 bridgehead atoms. The van der Waals surface area contributed by atoms with Gasteiger partial charge in [0.1, 0.15) is 6.61 Å². The number of carbonyl (C=O) groups is 1. The maximum Gasteiger partial charge on any atom is 0.306 e. The van der Waals surface area contributed by atoms with E-state index in [-0.39, 0.29) is 17.8 Å². The van der Waals surface area contributed by atoms with Crippen LogP contribution in [-0.2, 0) is 9.53 Å². The Balaban J connectivity index is 1.66. The van der Waals surface area contributed by atoms with Crippen LogP contribution in [0.5, 0.6) is 0 Å². The summed E-state index contributed by atoms with van der Waals surface area (Å²) in [5.41, 5.74) is 5.26. The van der Waals surface area contributed by atoms with Gasteiger partial charge in [0.25, 0.3) is 0 Å². The van der Waals surface area contributed by atoms with Crippen molar-refractivity contribution in [2.45, 2.75) is 33.1 Å². The molecule has 3 heteroatoms. The van der Waals surface area contributed by atoms with Gasteiger partial charge < -0.3 is 9.64 Å². The van der Waals surface area contributed by atoms with Gasteiger partial charge in [0.2, 0.25) is 0 Å². The van der Waals surface area contributed by atoms with Crippen molar-refractivity contribution in [2.24, 2.45) is 5.92 Å². The SMILES string of the molecule is CCN(CC)CCOC(=O)CC(C)C1c2ccccc2-c2ccccc21.